The van der Waals surface area contributed by atoms with Gasteiger partial charge in [-0.2, -0.15) is 0 Å². The molecule has 0 unspecified atom stereocenters. The fourth-order valence-corrected chi connectivity index (χ4v) is 1.92. The zero-order valence-electron chi connectivity index (χ0n) is 9.94. The number of carbonyl (C=O) groups is 2. The van der Waals surface area contributed by atoms with Gasteiger partial charge in [0.05, 0.1) is 18.6 Å². The lowest BCUT2D eigenvalue weighted by Gasteiger charge is -2.40. The Bertz CT molecular complexity index is 335. The number of amides is 1. The summed E-state index contributed by atoms with van der Waals surface area (Å²) in [6.07, 6.45) is 8.04. The lowest BCUT2D eigenvalue weighted by Crippen LogP contribution is -2.46. The fourth-order valence-electron chi connectivity index (χ4n) is 1.92. The van der Waals surface area contributed by atoms with Gasteiger partial charge in [-0.3, -0.25) is 9.59 Å². The van der Waals surface area contributed by atoms with Crippen LogP contribution in [0.15, 0.2) is 0 Å². The van der Waals surface area contributed by atoms with Crippen molar-refractivity contribution in [3.63, 3.8) is 0 Å². The van der Waals surface area contributed by atoms with E-state index in [1.54, 1.807) is 7.11 Å². The van der Waals surface area contributed by atoms with Crippen molar-refractivity contribution in [2.45, 2.75) is 31.3 Å². The number of aliphatic carboxylic acids is 1. The number of methoxy groups -OCH3 is 1. The maximum absolute atomic E-state index is 11.9. The van der Waals surface area contributed by atoms with E-state index in [9.17, 15) is 9.59 Å². The average Bonchev–Trinajstić information content (AvgIpc) is 2.22. The van der Waals surface area contributed by atoms with E-state index < -0.39 is 11.6 Å². The van der Waals surface area contributed by atoms with Crippen LogP contribution in [0.1, 0.15) is 25.7 Å². The standard InChI is InChI=1S/C12H17NO4/c1-3-7-13(9-11(15)16)10(14)8-12(17-2)5-4-6-12/h1H,4-9H2,2H3,(H,15,16). The Balaban J connectivity index is 2.58. The van der Waals surface area contributed by atoms with Crippen molar-refractivity contribution in [2.75, 3.05) is 20.2 Å². The van der Waals surface area contributed by atoms with E-state index in [-0.39, 0.29) is 25.4 Å². The number of hydrogen-bond acceptors (Lipinski definition) is 3. The predicted octanol–water partition coefficient (Wildman–Crippen LogP) is 0.492. The molecule has 0 aliphatic heterocycles. The molecule has 0 aromatic carbocycles. The first-order valence-electron chi connectivity index (χ1n) is 5.51. The number of carboxylic acids is 1. The highest BCUT2D eigenvalue weighted by molar-refractivity contribution is 5.82. The molecule has 0 atom stereocenters. The Labute approximate surface area is 101 Å². The van der Waals surface area contributed by atoms with Crippen molar-refractivity contribution in [2.24, 2.45) is 0 Å². The van der Waals surface area contributed by atoms with Gasteiger partial charge < -0.3 is 14.7 Å². The minimum Gasteiger partial charge on any atom is -0.480 e. The van der Waals surface area contributed by atoms with Crippen LogP contribution >= 0.6 is 0 Å². The second-order valence-electron chi connectivity index (χ2n) is 4.27. The molecule has 0 spiro atoms. The van der Waals surface area contributed by atoms with Crippen molar-refractivity contribution in [3.8, 4) is 12.3 Å². The molecule has 1 rings (SSSR count). The van der Waals surface area contributed by atoms with Gasteiger partial charge in [-0.05, 0) is 19.3 Å². The quantitative estimate of drug-likeness (QED) is 0.685. The van der Waals surface area contributed by atoms with Crippen LogP contribution in [0.2, 0.25) is 0 Å². The summed E-state index contributed by atoms with van der Waals surface area (Å²) >= 11 is 0. The van der Waals surface area contributed by atoms with E-state index >= 15 is 0 Å². The molecule has 1 saturated carbocycles. The van der Waals surface area contributed by atoms with Crippen LogP contribution in [-0.2, 0) is 14.3 Å². The SMILES string of the molecule is C#CCN(CC(=O)O)C(=O)CC1(OC)CCC1. The third-order valence-electron chi connectivity index (χ3n) is 3.13. The van der Waals surface area contributed by atoms with Gasteiger partial charge in [0.15, 0.2) is 0 Å². The molecule has 17 heavy (non-hydrogen) atoms. The third-order valence-corrected chi connectivity index (χ3v) is 3.13. The molecule has 1 N–H and O–H groups in total. The van der Waals surface area contributed by atoms with E-state index in [0.717, 1.165) is 19.3 Å². The average molecular weight is 239 g/mol. The molecule has 0 saturated heterocycles. The van der Waals surface area contributed by atoms with Crippen LogP contribution in [-0.4, -0.2) is 47.7 Å². The van der Waals surface area contributed by atoms with Crippen LogP contribution in [0.3, 0.4) is 0 Å². The summed E-state index contributed by atoms with van der Waals surface area (Å²) in [5.41, 5.74) is -0.400. The number of carboxylic acid groups (broad SMARTS) is 1. The van der Waals surface area contributed by atoms with Gasteiger partial charge in [-0.25, -0.2) is 0 Å². The Kier molecular flexibility index (Phi) is 4.53. The fraction of sp³-hybridized carbons (Fsp3) is 0.667. The molecular weight excluding hydrogens is 222 g/mol. The molecule has 0 aromatic rings. The number of ether oxygens (including phenoxy) is 1. The molecule has 94 valence electrons. The first kappa shape index (κ1) is 13.5. The number of terminal acetylenes is 1. The number of hydrogen-bond donors (Lipinski definition) is 1. The molecule has 5 nitrogen and oxygen atoms in total. The van der Waals surface area contributed by atoms with Crippen molar-refractivity contribution in [1.82, 2.24) is 4.90 Å². The summed E-state index contributed by atoms with van der Waals surface area (Å²) in [4.78, 5) is 23.7. The predicted molar refractivity (Wildman–Crippen MR) is 61.3 cm³/mol. The lowest BCUT2D eigenvalue weighted by atomic mass is 9.77. The molecule has 0 heterocycles. The van der Waals surface area contributed by atoms with E-state index in [1.165, 1.54) is 4.90 Å². The van der Waals surface area contributed by atoms with Gasteiger partial charge in [-0.15, -0.1) is 6.42 Å². The van der Waals surface area contributed by atoms with Crippen molar-refractivity contribution in [3.05, 3.63) is 0 Å². The Morgan fingerprint density at radius 3 is 2.53 bits per heavy atom. The van der Waals surface area contributed by atoms with Gasteiger partial charge in [-0.1, -0.05) is 5.92 Å². The summed E-state index contributed by atoms with van der Waals surface area (Å²) in [7, 11) is 1.58. The Morgan fingerprint density at radius 2 is 2.18 bits per heavy atom. The number of carbonyl (C=O) groups excluding carboxylic acids is 1. The van der Waals surface area contributed by atoms with Gasteiger partial charge in [0.1, 0.15) is 6.54 Å². The summed E-state index contributed by atoms with van der Waals surface area (Å²) in [6.45, 7) is -0.340. The summed E-state index contributed by atoms with van der Waals surface area (Å²) in [6, 6.07) is 0. The van der Waals surface area contributed by atoms with Gasteiger partial charge in [0.2, 0.25) is 5.91 Å². The molecule has 1 aliphatic carbocycles. The van der Waals surface area contributed by atoms with Gasteiger partial charge in [0, 0.05) is 7.11 Å². The minimum atomic E-state index is -1.06. The van der Waals surface area contributed by atoms with E-state index in [1.807, 2.05) is 0 Å². The van der Waals surface area contributed by atoms with E-state index in [0.29, 0.717) is 0 Å². The molecule has 1 amide bonds. The zero-order chi connectivity index (χ0) is 12.9. The maximum atomic E-state index is 11.9. The molecule has 5 heteroatoms. The van der Waals surface area contributed by atoms with Crippen LogP contribution in [0.25, 0.3) is 0 Å². The van der Waals surface area contributed by atoms with Crippen LogP contribution in [0.5, 0.6) is 0 Å². The largest absolute Gasteiger partial charge is 0.480 e. The lowest BCUT2D eigenvalue weighted by molar-refractivity contribution is -0.150. The highest BCUT2D eigenvalue weighted by Gasteiger charge is 2.40. The summed E-state index contributed by atoms with van der Waals surface area (Å²) in [5.74, 6) is 0.976. The Morgan fingerprint density at radius 1 is 1.53 bits per heavy atom. The van der Waals surface area contributed by atoms with E-state index in [2.05, 4.69) is 5.92 Å². The highest BCUT2D eigenvalue weighted by Crippen LogP contribution is 2.38. The normalized spacial score (nSPS) is 16.7. The monoisotopic (exact) mass is 239 g/mol. The molecule has 1 fully saturated rings. The van der Waals surface area contributed by atoms with Gasteiger partial charge in [0.25, 0.3) is 0 Å². The summed E-state index contributed by atoms with van der Waals surface area (Å²) in [5, 5.41) is 8.69. The van der Waals surface area contributed by atoms with Crippen LogP contribution in [0, 0.1) is 12.3 Å². The second-order valence-corrected chi connectivity index (χ2v) is 4.27. The second kappa shape index (κ2) is 5.69. The minimum absolute atomic E-state index is 0.0188. The molecule has 0 bridgehead atoms. The van der Waals surface area contributed by atoms with Crippen LogP contribution < -0.4 is 0 Å². The molecule has 0 aromatic heterocycles. The van der Waals surface area contributed by atoms with Crippen molar-refractivity contribution in [1.29, 1.82) is 0 Å². The number of rotatable bonds is 6. The van der Waals surface area contributed by atoms with E-state index in [4.69, 9.17) is 16.3 Å². The Hall–Kier alpha value is -1.54. The van der Waals surface area contributed by atoms with Gasteiger partial charge >= 0.3 is 5.97 Å². The molecule has 0 radical (unpaired) electrons. The third kappa shape index (κ3) is 3.46. The molecule has 1 aliphatic rings. The first-order valence-corrected chi connectivity index (χ1v) is 5.51. The smallest absolute Gasteiger partial charge is 0.323 e. The zero-order valence-corrected chi connectivity index (χ0v) is 9.94. The van der Waals surface area contributed by atoms with Crippen molar-refractivity contribution < 1.29 is 19.4 Å². The maximum Gasteiger partial charge on any atom is 0.323 e. The highest BCUT2D eigenvalue weighted by atomic mass is 16.5. The summed E-state index contributed by atoms with van der Waals surface area (Å²) < 4.78 is 5.33. The number of nitrogens with zero attached hydrogens (tertiary/aromatic N) is 1. The van der Waals surface area contributed by atoms with Crippen molar-refractivity contribution >= 4 is 11.9 Å². The first-order chi connectivity index (χ1) is 8.03. The topological polar surface area (TPSA) is 66.8 Å². The van der Waals surface area contributed by atoms with Crippen LogP contribution in [0.4, 0.5) is 0 Å². The molecular formula is C12H17NO4.